The van der Waals surface area contributed by atoms with Crippen molar-refractivity contribution in [1.82, 2.24) is 0 Å². The molecule has 1 saturated heterocycles. The van der Waals surface area contributed by atoms with Gasteiger partial charge in [-0.3, -0.25) is 0 Å². The van der Waals surface area contributed by atoms with Gasteiger partial charge in [-0.25, -0.2) is 4.79 Å². The van der Waals surface area contributed by atoms with E-state index in [1.54, 1.807) is 13.0 Å². The van der Waals surface area contributed by atoms with Gasteiger partial charge in [-0.15, -0.1) is 0 Å². The second-order valence-corrected chi connectivity index (χ2v) is 8.72. The number of carbonyl (C=O) groups excluding carboxylic acids is 1. The first kappa shape index (κ1) is 22.3. The van der Waals surface area contributed by atoms with Crippen molar-refractivity contribution in [3.63, 3.8) is 0 Å². The van der Waals surface area contributed by atoms with Gasteiger partial charge in [0.15, 0.2) is 6.29 Å². The van der Waals surface area contributed by atoms with Crippen LogP contribution < -0.4 is 0 Å². The second-order valence-electron chi connectivity index (χ2n) is 8.72. The Morgan fingerprint density at radius 2 is 1.97 bits per heavy atom. The topological polar surface area (TPSA) is 159 Å². The van der Waals surface area contributed by atoms with Gasteiger partial charge in [0.25, 0.3) is 0 Å². The fraction of sp³-hybridized carbons (Fsp3) is 0.667. The summed E-state index contributed by atoms with van der Waals surface area (Å²) < 4.78 is 22.1. The summed E-state index contributed by atoms with van der Waals surface area (Å²) in [5.41, 5.74) is 0.466. The summed E-state index contributed by atoms with van der Waals surface area (Å²) in [4.78, 5) is 12.4. The van der Waals surface area contributed by atoms with E-state index in [0.29, 0.717) is 24.0 Å². The van der Waals surface area contributed by atoms with Gasteiger partial charge in [0, 0.05) is 16.9 Å². The highest BCUT2D eigenvalue weighted by Crippen LogP contribution is 2.56. The maximum atomic E-state index is 12.4. The molecule has 10 nitrogen and oxygen atoms in total. The first-order valence-corrected chi connectivity index (χ1v) is 10.3. The minimum Gasteiger partial charge on any atom is -0.502 e. The quantitative estimate of drug-likeness (QED) is 0.412. The third-order valence-electron chi connectivity index (χ3n) is 6.83. The largest absolute Gasteiger partial charge is 0.502 e. The van der Waals surface area contributed by atoms with Crippen LogP contribution in [0.3, 0.4) is 0 Å². The number of aliphatic hydroxyl groups excluding tert-OH is 5. The molecule has 0 bridgehead atoms. The zero-order valence-corrected chi connectivity index (χ0v) is 17.2. The molecule has 1 saturated carbocycles. The predicted molar refractivity (Wildman–Crippen MR) is 102 cm³/mol. The summed E-state index contributed by atoms with van der Waals surface area (Å²) in [6.45, 7) is 3.14. The SMILES string of the molecule is C[C@H]1C2=C(O)C(=O)O[C@@H](c3ccoc3)[C@]2(C)CC[C@@H]1O[C@@H]1O[C@H](CO)[C@@H](O)[C@@H](O)[C@H]1O. The van der Waals surface area contributed by atoms with Crippen LogP contribution in [0.25, 0.3) is 0 Å². The fourth-order valence-corrected chi connectivity index (χ4v) is 5.09. The Bertz CT molecular complexity index is 833. The summed E-state index contributed by atoms with van der Waals surface area (Å²) in [5, 5.41) is 50.2. The summed E-state index contributed by atoms with van der Waals surface area (Å²) in [5.74, 6) is -1.75. The molecule has 0 radical (unpaired) electrons. The number of esters is 1. The van der Waals surface area contributed by atoms with Gasteiger partial charge in [0.1, 0.15) is 30.5 Å². The van der Waals surface area contributed by atoms with Gasteiger partial charge in [0.05, 0.1) is 25.2 Å². The van der Waals surface area contributed by atoms with E-state index in [2.05, 4.69) is 0 Å². The molecule has 1 aromatic rings. The first-order chi connectivity index (χ1) is 14.7. The Morgan fingerprint density at radius 3 is 2.61 bits per heavy atom. The minimum absolute atomic E-state index is 0.451. The first-order valence-electron chi connectivity index (χ1n) is 10.3. The van der Waals surface area contributed by atoms with E-state index in [-0.39, 0.29) is 0 Å². The zero-order valence-electron chi connectivity index (χ0n) is 17.2. The van der Waals surface area contributed by atoms with Gasteiger partial charge >= 0.3 is 5.97 Å². The van der Waals surface area contributed by atoms with Crippen molar-refractivity contribution in [2.24, 2.45) is 11.3 Å². The van der Waals surface area contributed by atoms with Crippen LogP contribution in [-0.2, 0) is 19.0 Å². The highest BCUT2D eigenvalue weighted by molar-refractivity contribution is 5.88. The number of fused-ring (bicyclic) bond motifs is 1. The fourth-order valence-electron chi connectivity index (χ4n) is 5.09. The van der Waals surface area contributed by atoms with Gasteiger partial charge in [0.2, 0.25) is 5.76 Å². The number of carbonyl (C=O) groups is 1. The van der Waals surface area contributed by atoms with E-state index in [0.717, 1.165) is 0 Å². The number of rotatable bonds is 4. The lowest BCUT2D eigenvalue weighted by Gasteiger charge is -2.50. The molecule has 5 N–H and O–H groups in total. The average molecular weight is 440 g/mol. The van der Waals surface area contributed by atoms with Crippen molar-refractivity contribution >= 4 is 5.97 Å². The number of aliphatic hydroxyl groups is 5. The third-order valence-corrected chi connectivity index (χ3v) is 6.83. The van der Waals surface area contributed by atoms with Gasteiger partial charge in [-0.1, -0.05) is 13.8 Å². The Hall–Kier alpha value is -1.95. The average Bonchev–Trinajstić information content (AvgIpc) is 3.27. The number of hydrogen-bond donors (Lipinski definition) is 5. The van der Waals surface area contributed by atoms with Crippen molar-refractivity contribution in [2.75, 3.05) is 6.61 Å². The van der Waals surface area contributed by atoms with Gasteiger partial charge in [-0.2, -0.15) is 0 Å². The number of hydrogen-bond acceptors (Lipinski definition) is 10. The number of furan rings is 1. The standard InChI is InChI=1S/C21H28O10/c1-9-11(29-20-17(26)16(25)14(23)12(7-22)30-20)3-5-21(2)13(9)15(24)19(27)31-18(21)10-4-6-28-8-10/h4,6,8-9,11-12,14,16-18,20,22-26H,3,5,7H2,1-2H3/t9-,11+,12-,14-,16-,17-,18+,20-,21-/m1/s1. The lowest BCUT2D eigenvalue weighted by molar-refractivity contribution is -0.316. The molecule has 2 aliphatic heterocycles. The molecule has 1 aliphatic carbocycles. The molecule has 10 heteroatoms. The van der Waals surface area contributed by atoms with Crippen LogP contribution >= 0.6 is 0 Å². The van der Waals surface area contributed by atoms with E-state index in [9.17, 15) is 30.3 Å². The van der Waals surface area contributed by atoms with Crippen LogP contribution in [0.2, 0.25) is 0 Å². The normalized spacial score (nSPS) is 43.5. The predicted octanol–water partition coefficient (Wildman–Crippen LogP) is 0.311. The van der Waals surface area contributed by atoms with Crippen LogP contribution in [0.1, 0.15) is 38.4 Å². The lowest BCUT2D eigenvalue weighted by atomic mass is 9.61. The molecule has 2 fully saturated rings. The van der Waals surface area contributed by atoms with Crippen LogP contribution in [0.5, 0.6) is 0 Å². The molecule has 0 unspecified atom stereocenters. The Kier molecular flexibility index (Phi) is 5.88. The molecule has 9 atom stereocenters. The monoisotopic (exact) mass is 440 g/mol. The minimum atomic E-state index is -1.55. The van der Waals surface area contributed by atoms with Crippen LogP contribution in [0.15, 0.2) is 34.3 Å². The van der Waals surface area contributed by atoms with Crippen molar-refractivity contribution in [3.05, 3.63) is 35.5 Å². The van der Waals surface area contributed by atoms with E-state index in [1.807, 2.05) is 6.92 Å². The molecule has 0 spiro atoms. The molecule has 31 heavy (non-hydrogen) atoms. The maximum absolute atomic E-state index is 12.4. The van der Waals surface area contributed by atoms with Crippen molar-refractivity contribution in [2.45, 2.75) is 69.6 Å². The lowest BCUT2D eigenvalue weighted by Crippen LogP contribution is -2.60. The van der Waals surface area contributed by atoms with Crippen molar-refractivity contribution in [1.29, 1.82) is 0 Å². The molecule has 0 aromatic carbocycles. The Balaban J connectivity index is 1.59. The molecular formula is C21H28O10. The van der Waals surface area contributed by atoms with E-state index in [1.165, 1.54) is 12.5 Å². The third kappa shape index (κ3) is 3.57. The highest BCUT2D eigenvalue weighted by Gasteiger charge is 2.55. The van der Waals surface area contributed by atoms with Crippen molar-refractivity contribution in [3.8, 4) is 0 Å². The number of cyclic esters (lactones) is 1. The molecule has 0 amide bonds. The molecule has 4 rings (SSSR count). The molecule has 3 aliphatic rings. The van der Waals surface area contributed by atoms with E-state index >= 15 is 0 Å². The second kappa shape index (κ2) is 8.19. The maximum Gasteiger partial charge on any atom is 0.374 e. The smallest absolute Gasteiger partial charge is 0.374 e. The summed E-state index contributed by atoms with van der Waals surface area (Å²) in [7, 11) is 0. The Labute approximate surface area is 178 Å². The Morgan fingerprint density at radius 1 is 1.23 bits per heavy atom. The van der Waals surface area contributed by atoms with E-state index < -0.39 is 72.6 Å². The molecule has 3 heterocycles. The number of ether oxygens (including phenoxy) is 3. The summed E-state index contributed by atoms with van der Waals surface area (Å²) in [6, 6.07) is 1.71. The molecule has 1 aromatic heterocycles. The van der Waals surface area contributed by atoms with Crippen LogP contribution in [0, 0.1) is 11.3 Å². The van der Waals surface area contributed by atoms with Crippen LogP contribution in [-0.4, -0.2) is 74.9 Å². The van der Waals surface area contributed by atoms with Gasteiger partial charge in [-0.05, 0) is 24.5 Å². The summed E-state index contributed by atoms with van der Waals surface area (Å²) >= 11 is 0. The van der Waals surface area contributed by atoms with Crippen LogP contribution in [0.4, 0.5) is 0 Å². The van der Waals surface area contributed by atoms with Crippen molar-refractivity contribution < 1.29 is 49.0 Å². The van der Waals surface area contributed by atoms with E-state index in [4.69, 9.17) is 18.6 Å². The highest BCUT2D eigenvalue weighted by atomic mass is 16.7. The zero-order chi connectivity index (χ0) is 22.5. The summed E-state index contributed by atoms with van der Waals surface area (Å²) in [6.07, 6.45) is -4.20. The molecular weight excluding hydrogens is 412 g/mol. The molecule has 172 valence electrons. The van der Waals surface area contributed by atoms with Gasteiger partial charge < -0.3 is 44.2 Å².